The summed E-state index contributed by atoms with van der Waals surface area (Å²) >= 11 is 6.48. The van der Waals surface area contributed by atoms with Gasteiger partial charge in [-0.25, -0.2) is 4.98 Å². The topological polar surface area (TPSA) is 128 Å². The van der Waals surface area contributed by atoms with Gasteiger partial charge in [0, 0.05) is 30.4 Å². The van der Waals surface area contributed by atoms with Gasteiger partial charge in [-0.15, -0.1) is 0 Å². The zero-order valence-electron chi connectivity index (χ0n) is 17.1. The standard InChI is InChI=1S/C21H19ClN6O4/c1-12(17(28-9-5-8-23-28)14-6-3-4-7-15(14)22)19-26-16(18(29)21(31)27(19)2)20(30)25-13-10-24-32-11-13/h3-12,17,29H,1-2H3,(H,25,30)/t12-,17-/m0/s1. The lowest BCUT2D eigenvalue weighted by Crippen LogP contribution is -2.30. The van der Waals surface area contributed by atoms with Gasteiger partial charge in [-0.2, -0.15) is 5.10 Å². The highest BCUT2D eigenvalue weighted by molar-refractivity contribution is 6.31. The van der Waals surface area contributed by atoms with E-state index >= 15 is 0 Å². The summed E-state index contributed by atoms with van der Waals surface area (Å²) in [5.41, 5.74) is -0.134. The van der Waals surface area contributed by atoms with Crippen LogP contribution in [0.5, 0.6) is 5.75 Å². The van der Waals surface area contributed by atoms with Crippen molar-refractivity contribution in [1.29, 1.82) is 0 Å². The molecule has 0 unspecified atom stereocenters. The molecular formula is C21H19ClN6O4. The van der Waals surface area contributed by atoms with Gasteiger partial charge in [-0.3, -0.25) is 18.8 Å². The molecule has 4 rings (SSSR count). The first kappa shape index (κ1) is 21.3. The Morgan fingerprint density at radius 2 is 2.06 bits per heavy atom. The van der Waals surface area contributed by atoms with Crippen LogP contribution < -0.4 is 10.9 Å². The van der Waals surface area contributed by atoms with E-state index in [1.54, 1.807) is 29.2 Å². The predicted octanol–water partition coefficient (Wildman–Crippen LogP) is 2.97. The maximum atomic E-state index is 12.7. The zero-order valence-corrected chi connectivity index (χ0v) is 17.9. The molecule has 0 aliphatic carbocycles. The molecule has 4 aromatic rings. The molecule has 1 amide bonds. The van der Waals surface area contributed by atoms with Crippen molar-refractivity contribution in [2.45, 2.75) is 18.9 Å². The lowest BCUT2D eigenvalue weighted by molar-refractivity contribution is 0.101. The van der Waals surface area contributed by atoms with Crippen molar-refractivity contribution in [1.82, 2.24) is 24.5 Å². The summed E-state index contributed by atoms with van der Waals surface area (Å²) in [7, 11) is 1.48. The molecule has 0 saturated carbocycles. The van der Waals surface area contributed by atoms with Gasteiger partial charge in [0.1, 0.15) is 17.8 Å². The second-order valence-electron chi connectivity index (χ2n) is 7.14. The number of hydrogen-bond donors (Lipinski definition) is 2. The van der Waals surface area contributed by atoms with E-state index < -0.39 is 34.9 Å². The van der Waals surface area contributed by atoms with Crippen molar-refractivity contribution >= 4 is 23.2 Å². The maximum Gasteiger partial charge on any atom is 0.296 e. The minimum absolute atomic E-state index is 0.261. The number of carbonyl (C=O) groups is 1. The van der Waals surface area contributed by atoms with Crippen LogP contribution in [0.2, 0.25) is 5.02 Å². The maximum absolute atomic E-state index is 12.7. The number of hydrogen-bond acceptors (Lipinski definition) is 7. The van der Waals surface area contributed by atoms with E-state index in [2.05, 4.69) is 25.1 Å². The Hall–Kier alpha value is -3.92. The van der Waals surface area contributed by atoms with Crippen LogP contribution in [-0.2, 0) is 7.05 Å². The summed E-state index contributed by atoms with van der Waals surface area (Å²) in [6, 6.07) is 8.64. The minimum atomic E-state index is -0.773. The van der Waals surface area contributed by atoms with Gasteiger partial charge in [0.05, 0.1) is 12.2 Å². The van der Waals surface area contributed by atoms with E-state index in [9.17, 15) is 14.7 Å². The molecule has 0 aliphatic heterocycles. The van der Waals surface area contributed by atoms with Crippen LogP contribution in [0.15, 0.2) is 64.5 Å². The van der Waals surface area contributed by atoms with Crippen LogP contribution in [0, 0.1) is 0 Å². The van der Waals surface area contributed by atoms with Gasteiger partial charge >= 0.3 is 0 Å². The van der Waals surface area contributed by atoms with Crippen LogP contribution in [0.3, 0.4) is 0 Å². The molecular weight excluding hydrogens is 436 g/mol. The second-order valence-corrected chi connectivity index (χ2v) is 7.55. The van der Waals surface area contributed by atoms with Crippen molar-refractivity contribution in [3.05, 3.63) is 87.6 Å². The molecule has 0 saturated heterocycles. The first-order valence-electron chi connectivity index (χ1n) is 9.62. The smallest absolute Gasteiger partial charge is 0.296 e. The number of nitrogens with one attached hydrogen (secondary N) is 1. The van der Waals surface area contributed by atoms with E-state index in [4.69, 9.17) is 11.6 Å². The number of nitrogens with zero attached hydrogens (tertiary/aromatic N) is 5. The molecule has 2 N–H and O–H groups in total. The third kappa shape index (κ3) is 3.87. The van der Waals surface area contributed by atoms with E-state index in [1.165, 1.54) is 24.1 Å². The average molecular weight is 455 g/mol. The minimum Gasteiger partial charge on any atom is -0.501 e. The third-order valence-corrected chi connectivity index (χ3v) is 5.47. The normalized spacial score (nSPS) is 13.0. The highest BCUT2D eigenvalue weighted by Gasteiger charge is 2.30. The number of benzene rings is 1. The number of aromatic nitrogens is 5. The lowest BCUT2D eigenvalue weighted by Gasteiger charge is -2.27. The quantitative estimate of drug-likeness (QED) is 0.458. The Labute approximate surface area is 187 Å². The van der Waals surface area contributed by atoms with Crippen molar-refractivity contribution < 1.29 is 14.4 Å². The molecule has 2 atom stereocenters. The van der Waals surface area contributed by atoms with Gasteiger partial charge in [0.15, 0.2) is 5.69 Å². The number of anilines is 1. The first-order chi connectivity index (χ1) is 15.4. The van der Waals surface area contributed by atoms with Crippen molar-refractivity contribution in [3.63, 3.8) is 0 Å². The fraction of sp³-hybridized carbons (Fsp3) is 0.190. The molecule has 3 aromatic heterocycles. The number of halogens is 1. The molecule has 0 radical (unpaired) electrons. The molecule has 0 spiro atoms. The number of carbonyl (C=O) groups excluding carboxylic acids is 1. The zero-order chi connectivity index (χ0) is 22.8. The van der Waals surface area contributed by atoms with Gasteiger partial charge in [-0.05, 0) is 17.7 Å². The van der Waals surface area contributed by atoms with Crippen molar-refractivity contribution in [2.75, 3.05) is 5.32 Å². The first-order valence-corrected chi connectivity index (χ1v) is 10.0. The van der Waals surface area contributed by atoms with E-state index in [-0.39, 0.29) is 11.5 Å². The van der Waals surface area contributed by atoms with E-state index in [0.29, 0.717) is 5.02 Å². The molecule has 3 heterocycles. The molecule has 164 valence electrons. The van der Waals surface area contributed by atoms with Crippen LogP contribution in [0.1, 0.15) is 40.8 Å². The summed E-state index contributed by atoms with van der Waals surface area (Å²) < 4.78 is 7.61. The highest BCUT2D eigenvalue weighted by Crippen LogP contribution is 2.36. The number of rotatable bonds is 6. The van der Waals surface area contributed by atoms with Crippen LogP contribution in [-0.4, -0.2) is 35.5 Å². The highest BCUT2D eigenvalue weighted by atomic mass is 35.5. The average Bonchev–Trinajstić information content (AvgIpc) is 3.48. The third-order valence-electron chi connectivity index (χ3n) is 5.12. The van der Waals surface area contributed by atoms with E-state index in [1.807, 2.05) is 25.1 Å². The van der Waals surface area contributed by atoms with Crippen LogP contribution >= 0.6 is 11.6 Å². The largest absolute Gasteiger partial charge is 0.501 e. The summed E-state index contributed by atoms with van der Waals surface area (Å²) in [5.74, 6) is -1.73. The van der Waals surface area contributed by atoms with Gasteiger partial charge in [-0.1, -0.05) is 41.9 Å². The Balaban J connectivity index is 1.82. The molecule has 0 fully saturated rings. The molecule has 0 bridgehead atoms. The molecule has 10 nitrogen and oxygen atoms in total. The predicted molar refractivity (Wildman–Crippen MR) is 116 cm³/mol. The summed E-state index contributed by atoms with van der Waals surface area (Å²) in [5, 5.41) is 21.2. The monoisotopic (exact) mass is 454 g/mol. The lowest BCUT2D eigenvalue weighted by atomic mass is 9.93. The summed E-state index contributed by atoms with van der Waals surface area (Å²) in [6.07, 6.45) is 5.91. The molecule has 0 aliphatic rings. The molecule has 32 heavy (non-hydrogen) atoms. The van der Waals surface area contributed by atoms with Gasteiger partial charge in [0.2, 0.25) is 5.75 Å². The Bertz CT molecular complexity index is 1300. The van der Waals surface area contributed by atoms with Crippen LogP contribution in [0.4, 0.5) is 5.69 Å². The molecule has 11 heteroatoms. The fourth-order valence-corrected chi connectivity index (χ4v) is 3.82. The fourth-order valence-electron chi connectivity index (χ4n) is 3.57. The Morgan fingerprint density at radius 3 is 2.72 bits per heavy atom. The van der Waals surface area contributed by atoms with Gasteiger partial charge < -0.3 is 14.9 Å². The Morgan fingerprint density at radius 1 is 1.28 bits per heavy atom. The van der Waals surface area contributed by atoms with Gasteiger partial charge in [0.25, 0.3) is 11.5 Å². The second kappa shape index (κ2) is 8.67. The number of amides is 1. The van der Waals surface area contributed by atoms with Crippen molar-refractivity contribution in [3.8, 4) is 5.75 Å². The summed E-state index contributed by atoms with van der Waals surface area (Å²) in [4.78, 5) is 29.8. The summed E-state index contributed by atoms with van der Waals surface area (Å²) in [6.45, 7) is 1.84. The Kier molecular flexibility index (Phi) is 5.78. The molecule has 1 aromatic carbocycles. The number of aromatic hydroxyl groups is 1. The van der Waals surface area contributed by atoms with Crippen LogP contribution in [0.25, 0.3) is 0 Å². The SMILES string of the molecule is C[C@H](c1nc(C(=O)Nc2cnoc2)c(O)c(=O)n1C)[C@@H](c1ccccc1Cl)n1cccn1. The van der Waals surface area contributed by atoms with Crippen molar-refractivity contribution in [2.24, 2.45) is 7.05 Å². The van der Waals surface area contributed by atoms with E-state index in [0.717, 1.165) is 5.56 Å².